The zero-order valence-electron chi connectivity index (χ0n) is 21.3. The molecule has 2 unspecified atom stereocenters. The van der Waals surface area contributed by atoms with Gasteiger partial charge in [0.1, 0.15) is 36.6 Å². The van der Waals surface area contributed by atoms with Gasteiger partial charge in [-0.15, -0.1) is 0 Å². The highest BCUT2D eigenvalue weighted by molar-refractivity contribution is 5.99. The molecule has 194 valence electrons. The molecule has 0 saturated carbocycles. The molecule has 1 amide bonds. The van der Waals surface area contributed by atoms with Crippen LogP contribution in [0.4, 0.5) is 4.79 Å². The minimum absolute atomic E-state index is 0.0142. The van der Waals surface area contributed by atoms with Crippen LogP contribution in [-0.2, 0) is 41.8 Å². The minimum Gasteiger partial charge on any atom is -0.459 e. The highest BCUT2D eigenvalue weighted by Crippen LogP contribution is 2.17. The molecule has 0 bridgehead atoms. The molecule has 2 rings (SSSR count). The van der Waals surface area contributed by atoms with E-state index >= 15 is 0 Å². The van der Waals surface area contributed by atoms with E-state index in [-0.39, 0.29) is 38.3 Å². The number of Topliss-reactive ketones (excluding diaryl/α,β-unsaturated/α-hetero) is 1. The van der Waals surface area contributed by atoms with E-state index in [0.29, 0.717) is 0 Å². The molecule has 0 spiro atoms. The molecule has 0 aromatic heterocycles. The number of hydrogen-bond donors (Lipinski definition) is 1. The number of rotatable bonds is 12. The van der Waals surface area contributed by atoms with E-state index in [1.165, 1.54) is 0 Å². The van der Waals surface area contributed by atoms with E-state index in [4.69, 9.17) is 14.2 Å². The Kier molecular flexibility index (Phi) is 11.1. The fourth-order valence-corrected chi connectivity index (χ4v) is 3.34. The zero-order chi connectivity index (χ0) is 26.6. The smallest absolute Gasteiger partial charge is 0.408 e. The second kappa shape index (κ2) is 14.0. The molecule has 0 fully saturated rings. The van der Waals surface area contributed by atoms with Crippen LogP contribution < -0.4 is 5.32 Å². The van der Waals surface area contributed by atoms with E-state index in [9.17, 15) is 19.2 Å². The van der Waals surface area contributed by atoms with E-state index in [0.717, 1.165) is 11.1 Å². The lowest BCUT2D eigenvalue weighted by atomic mass is 9.95. The first-order valence-corrected chi connectivity index (χ1v) is 12.0. The van der Waals surface area contributed by atoms with Gasteiger partial charge in [0.15, 0.2) is 0 Å². The number of carbonyl (C=O) groups is 4. The second-order valence-electron chi connectivity index (χ2n) is 9.35. The maximum Gasteiger partial charge on any atom is 0.408 e. The van der Waals surface area contributed by atoms with E-state index in [1.54, 1.807) is 52.0 Å². The molecule has 8 heteroatoms. The van der Waals surface area contributed by atoms with Gasteiger partial charge in [-0.1, -0.05) is 67.6 Å². The largest absolute Gasteiger partial charge is 0.459 e. The summed E-state index contributed by atoms with van der Waals surface area (Å²) < 4.78 is 15.9. The number of ketones is 1. The summed E-state index contributed by atoms with van der Waals surface area (Å²) in [6, 6.07) is 17.1. The predicted octanol–water partition coefficient (Wildman–Crippen LogP) is 4.74. The van der Waals surface area contributed by atoms with Crippen molar-refractivity contribution in [3.63, 3.8) is 0 Å². The third-order valence-corrected chi connectivity index (χ3v) is 5.18. The van der Waals surface area contributed by atoms with Gasteiger partial charge >= 0.3 is 18.0 Å². The van der Waals surface area contributed by atoms with Crippen LogP contribution in [0.2, 0.25) is 0 Å². The Balaban J connectivity index is 2.02. The molecule has 1 N–H and O–H groups in total. The predicted molar refractivity (Wildman–Crippen MR) is 134 cm³/mol. The molecule has 0 heterocycles. The van der Waals surface area contributed by atoms with Crippen molar-refractivity contribution in [2.45, 2.75) is 71.8 Å². The molecule has 2 atom stereocenters. The molecule has 0 radical (unpaired) electrons. The van der Waals surface area contributed by atoms with Crippen LogP contribution in [0.15, 0.2) is 60.7 Å². The standard InChI is InChI=1S/C28H35NO7/c1-5-22(25(31)36-28(2,3)4)24(30)17-16-23(26(32)34-18-20-12-8-6-9-13-20)29-27(33)35-19-21-14-10-7-11-15-21/h6-15,22-23H,5,16-19H2,1-4H3,(H,29,33). The van der Waals surface area contributed by atoms with Crippen molar-refractivity contribution in [3.05, 3.63) is 71.8 Å². The number of amides is 1. The van der Waals surface area contributed by atoms with Gasteiger partial charge in [-0.2, -0.15) is 0 Å². The Hall–Kier alpha value is -3.68. The molecule has 0 saturated heterocycles. The Bertz CT molecular complexity index is 1000. The number of alkyl carbamates (subject to hydrolysis) is 1. The maximum atomic E-state index is 12.8. The minimum atomic E-state index is -1.13. The summed E-state index contributed by atoms with van der Waals surface area (Å²) in [5.41, 5.74) is 0.844. The summed E-state index contributed by atoms with van der Waals surface area (Å²) >= 11 is 0. The van der Waals surface area contributed by atoms with Gasteiger partial charge in [-0.3, -0.25) is 9.59 Å². The normalized spacial score (nSPS) is 12.7. The number of esters is 2. The fraction of sp³-hybridized carbons (Fsp3) is 0.429. The Morgan fingerprint density at radius 1 is 0.806 bits per heavy atom. The first kappa shape index (κ1) is 28.6. The van der Waals surface area contributed by atoms with Crippen molar-refractivity contribution in [2.24, 2.45) is 5.92 Å². The van der Waals surface area contributed by atoms with Crippen molar-refractivity contribution in [3.8, 4) is 0 Å². The molecule has 2 aromatic carbocycles. The number of ether oxygens (including phenoxy) is 3. The molecule has 0 aliphatic heterocycles. The van der Waals surface area contributed by atoms with Gasteiger partial charge < -0.3 is 19.5 Å². The molecule has 36 heavy (non-hydrogen) atoms. The summed E-state index contributed by atoms with van der Waals surface area (Å²) in [5.74, 6) is -2.62. The van der Waals surface area contributed by atoms with Crippen molar-refractivity contribution in [1.82, 2.24) is 5.32 Å². The Morgan fingerprint density at radius 2 is 1.33 bits per heavy atom. The zero-order valence-corrected chi connectivity index (χ0v) is 21.3. The van der Waals surface area contributed by atoms with Crippen LogP contribution in [0, 0.1) is 5.92 Å². The maximum absolute atomic E-state index is 12.8. The van der Waals surface area contributed by atoms with Gasteiger partial charge in [0.2, 0.25) is 0 Å². The second-order valence-corrected chi connectivity index (χ2v) is 9.35. The van der Waals surface area contributed by atoms with Gasteiger partial charge in [0, 0.05) is 6.42 Å². The van der Waals surface area contributed by atoms with Crippen molar-refractivity contribution in [2.75, 3.05) is 0 Å². The molecule has 0 aliphatic rings. The van der Waals surface area contributed by atoms with Crippen LogP contribution in [0.25, 0.3) is 0 Å². The van der Waals surface area contributed by atoms with Crippen LogP contribution in [0.3, 0.4) is 0 Å². The highest BCUT2D eigenvalue weighted by atomic mass is 16.6. The SMILES string of the molecule is CCC(C(=O)CCC(NC(=O)OCc1ccccc1)C(=O)OCc1ccccc1)C(=O)OC(C)(C)C. The number of carbonyl (C=O) groups excluding carboxylic acids is 4. The summed E-state index contributed by atoms with van der Waals surface area (Å²) in [5, 5.41) is 2.50. The molecule has 8 nitrogen and oxygen atoms in total. The van der Waals surface area contributed by atoms with E-state index in [2.05, 4.69) is 5.32 Å². The van der Waals surface area contributed by atoms with E-state index in [1.807, 2.05) is 36.4 Å². The van der Waals surface area contributed by atoms with Gasteiger partial charge in [-0.05, 0) is 44.7 Å². The lowest BCUT2D eigenvalue weighted by Crippen LogP contribution is -2.42. The van der Waals surface area contributed by atoms with Crippen LogP contribution >= 0.6 is 0 Å². The molecule has 2 aromatic rings. The average molecular weight is 498 g/mol. The summed E-state index contributed by atoms with van der Waals surface area (Å²) in [6.45, 7) is 6.94. The molecular formula is C28H35NO7. The third-order valence-electron chi connectivity index (χ3n) is 5.18. The van der Waals surface area contributed by atoms with Crippen LogP contribution in [0.5, 0.6) is 0 Å². The van der Waals surface area contributed by atoms with Crippen LogP contribution in [-0.4, -0.2) is 35.5 Å². The van der Waals surface area contributed by atoms with Crippen LogP contribution in [0.1, 0.15) is 58.1 Å². The lowest BCUT2D eigenvalue weighted by molar-refractivity contribution is -0.162. The van der Waals surface area contributed by atoms with Crippen molar-refractivity contribution < 1.29 is 33.4 Å². The Morgan fingerprint density at radius 3 is 1.83 bits per heavy atom. The number of nitrogens with one attached hydrogen (secondary N) is 1. The number of benzene rings is 2. The summed E-state index contributed by atoms with van der Waals surface area (Å²) in [7, 11) is 0. The van der Waals surface area contributed by atoms with E-state index < -0.39 is 35.6 Å². The Labute approximate surface area is 212 Å². The topological polar surface area (TPSA) is 108 Å². The van der Waals surface area contributed by atoms with Crippen molar-refractivity contribution in [1.29, 1.82) is 0 Å². The first-order valence-electron chi connectivity index (χ1n) is 12.0. The fourth-order valence-electron chi connectivity index (χ4n) is 3.34. The van der Waals surface area contributed by atoms with Crippen molar-refractivity contribution >= 4 is 23.8 Å². The third kappa shape index (κ3) is 10.3. The lowest BCUT2D eigenvalue weighted by Gasteiger charge is -2.23. The monoisotopic (exact) mass is 497 g/mol. The quantitative estimate of drug-likeness (QED) is 0.256. The summed E-state index contributed by atoms with van der Waals surface area (Å²) in [4.78, 5) is 50.5. The van der Waals surface area contributed by atoms with Gasteiger partial charge in [-0.25, -0.2) is 9.59 Å². The number of hydrogen-bond acceptors (Lipinski definition) is 7. The van der Waals surface area contributed by atoms with Gasteiger partial charge in [0.25, 0.3) is 0 Å². The average Bonchev–Trinajstić information content (AvgIpc) is 2.84. The highest BCUT2D eigenvalue weighted by Gasteiger charge is 2.31. The first-order chi connectivity index (χ1) is 17.1. The molecule has 0 aliphatic carbocycles. The van der Waals surface area contributed by atoms with Gasteiger partial charge in [0.05, 0.1) is 0 Å². The summed E-state index contributed by atoms with van der Waals surface area (Å²) in [6.07, 6.45) is -0.718. The molecular weight excluding hydrogens is 462 g/mol.